The Morgan fingerprint density at radius 2 is 2.00 bits per heavy atom. The highest BCUT2D eigenvalue weighted by molar-refractivity contribution is 9.10. The van der Waals surface area contributed by atoms with Crippen LogP contribution in [0.5, 0.6) is 0 Å². The van der Waals surface area contributed by atoms with Gasteiger partial charge >= 0.3 is 0 Å². The first-order chi connectivity index (χ1) is 11.4. The summed E-state index contributed by atoms with van der Waals surface area (Å²) >= 11 is 9.41. The third kappa shape index (κ3) is 3.58. The Hall–Kier alpha value is -1.57. The van der Waals surface area contributed by atoms with Gasteiger partial charge in [0.15, 0.2) is 0 Å². The summed E-state index contributed by atoms with van der Waals surface area (Å²) in [6.07, 6.45) is 0.591. The van der Waals surface area contributed by atoms with Crippen molar-refractivity contribution in [1.29, 1.82) is 0 Å². The molecule has 1 amide bonds. The van der Waals surface area contributed by atoms with Crippen LogP contribution in [-0.2, 0) is 10.0 Å². The molecule has 8 heteroatoms. The fourth-order valence-electron chi connectivity index (χ4n) is 2.52. The maximum Gasteiger partial charge on any atom is 0.255 e. The first-order valence-electron chi connectivity index (χ1n) is 7.24. The Morgan fingerprint density at radius 3 is 2.67 bits per heavy atom. The molecule has 126 valence electrons. The van der Waals surface area contributed by atoms with E-state index < -0.39 is 10.0 Å². The highest BCUT2D eigenvalue weighted by Crippen LogP contribution is 2.27. The molecular formula is C16H14BrClN2O3S. The van der Waals surface area contributed by atoms with Crippen molar-refractivity contribution in [1.82, 2.24) is 0 Å². The van der Waals surface area contributed by atoms with E-state index in [1.807, 2.05) is 0 Å². The van der Waals surface area contributed by atoms with E-state index in [1.54, 1.807) is 42.5 Å². The van der Waals surface area contributed by atoms with Crippen LogP contribution in [0.2, 0.25) is 5.02 Å². The van der Waals surface area contributed by atoms with Crippen molar-refractivity contribution in [2.45, 2.75) is 6.42 Å². The van der Waals surface area contributed by atoms with Gasteiger partial charge in [0.2, 0.25) is 10.0 Å². The van der Waals surface area contributed by atoms with Crippen molar-refractivity contribution in [2.24, 2.45) is 0 Å². The Kier molecular flexibility index (Phi) is 4.85. The smallest absolute Gasteiger partial charge is 0.255 e. The minimum Gasteiger partial charge on any atom is -0.321 e. The van der Waals surface area contributed by atoms with Crippen molar-refractivity contribution >= 4 is 54.8 Å². The second kappa shape index (κ2) is 6.74. The van der Waals surface area contributed by atoms with Gasteiger partial charge in [-0.15, -0.1) is 0 Å². The number of anilines is 2. The molecule has 0 bridgehead atoms. The molecule has 0 unspecified atom stereocenters. The molecule has 5 nitrogen and oxygen atoms in total. The third-order valence-electron chi connectivity index (χ3n) is 3.67. The molecule has 0 atom stereocenters. The number of carbonyl (C=O) groups excluding carboxylic acids is 1. The lowest BCUT2D eigenvalue weighted by molar-refractivity contribution is 0.102. The number of amides is 1. The van der Waals surface area contributed by atoms with Gasteiger partial charge in [-0.25, -0.2) is 8.42 Å². The van der Waals surface area contributed by atoms with Crippen molar-refractivity contribution in [3.05, 3.63) is 57.5 Å². The first-order valence-corrected chi connectivity index (χ1v) is 10.0. The summed E-state index contributed by atoms with van der Waals surface area (Å²) in [6, 6.07) is 11.7. The largest absolute Gasteiger partial charge is 0.321 e. The van der Waals surface area contributed by atoms with E-state index >= 15 is 0 Å². The zero-order valence-corrected chi connectivity index (χ0v) is 15.7. The summed E-state index contributed by atoms with van der Waals surface area (Å²) in [4.78, 5) is 12.4. The van der Waals surface area contributed by atoms with Gasteiger partial charge in [-0.1, -0.05) is 33.6 Å². The van der Waals surface area contributed by atoms with Crippen molar-refractivity contribution in [2.75, 3.05) is 21.9 Å². The summed E-state index contributed by atoms with van der Waals surface area (Å²) in [5, 5.41) is 3.15. The molecule has 1 fully saturated rings. The van der Waals surface area contributed by atoms with Gasteiger partial charge in [0.25, 0.3) is 5.91 Å². The average molecular weight is 430 g/mol. The molecule has 1 heterocycles. The lowest BCUT2D eigenvalue weighted by atomic mass is 10.1. The second-order valence-corrected chi connectivity index (χ2v) is 8.71. The predicted molar refractivity (Wildman–Crippen MR) is 99.3 cm³/mol. The van der Waals surface area contributed by atoms with Gasteiger partial charge in [0.05, 0.1) is 22.2 Å². The van der Waals surface area contributed by atoms with Gasteiger partial charge in [0, 0.05) is 16.6 Å². The van der Waals surface area contributed by atoms with Crippen molar-refractivity contribution in [3.8, 4) is 0 Å². The van der Waals surface area contributed by atoms with E-state index in [0.29, 0.717) is 34.9 Å². The molecule has 1 saturated heterocycles. The van der Waals surface area contributed by atoms with Crippen LogP contribution in [0.15, 0.2) is 46.9 Å². The third-order valence-corrected chi connectivity index (χ3v) is 6.35. The van der Waals surface area contributed by atoms with Gasteiger partial charge in [0.1, 0.15) is 0 Å². The minimum absolute atomic E-state index is 0.137. The molecule has 24 heavy (non-hydrogen) atoms. The zero-order valence-electron chi connectivity index (χ0n) is 12.5. The standard InChI is InChI=1S/C16H14BrClN2O3S/c17-12-5-6-15(14(18)10-12)19-16(21)11-3-1-4-13(9-11)20-7-2-8-24(20,22)23/h1,3-6,9-10H,2,7-8H2,(H,19,21). The number of carbonyl (C=O) groups is 1. The zero-order chi connectivity index (χ0) is 17.3. The lowest BCUT2D eigenvalue weighted by Crippen LogP contribution is -2.25. The molecule has 3 rings (SSSR count). The number of halogens is 2. The Bertz CT molecular complexity index is 902. The summed E-state index contributed by atoms with van der Waals surface area (Å²) < 4.78 is 26.2. The quantitative estimate of drug-likeness (QED) is 0.805. The Morgan fingerprint density at radius 1 is 1.21 bits per heavy atom. The van der Waals surface area contributed by atoms with E-state index in [2.05, 4.69) is 21.2 Å². The normalized spacial score (nSPS) is 16.2. The van der Waals surface area contributed by atoms with Crippen molar-refractivity contribution < 1.29 is 13.2 Å². The number of hydrogen-bond donors (Lipinski definition) is 1. The Balaban J connectivity index is 1.84. The topological polar surface area (TPSA) is 66.5 Å². The molecule has 0 radical (unpaired) electrons. The summed E-state index contributed by atoms with van der Waals surface area (Å²) in [6.45, 7) is 0.436. The van der Waals surface area contributed by atoms with Gasteiger partial charge in [-0.3, -0.25) is 9.10 Å². The molecular weight excluding hydrogens is 416 g/mol. The van der Waals surface area contributed by atoms with E-state index in [9.17, 15) is 13.2 Å². The maximum atomic E-state index is 12.4. The molecule has 1 aliphatic rings. The van der Waals surface area contributed by atoms with Crippen LogP contribution < -0.4 is 9.62 Å². The summed E-state index contributed by atoms with van der Waals surface area (Å²) in [5.74, 6) is -0.213. The molecule has 1 aliphatic heterocycles. The minimum atomic E-state index is -3.28. The number of hydrogen-bond acceptors (Lipinski definition) is 3. The molecule has 1 N–H and O–H groups in total. The highest BCUT2D eigenvalue weighted by Gasteiger charge is 2.28. The van der Waals surface area contributed by atoms with E-state index in [0.717, 1.165) is 4.47 Å². The van der Waals surface area contributed by atoms with Crippen LogP contribution in [0.25, 0.3) is 0 Å². The van der Waals surface area contributed by atoms with Gasteiger partial charge in [-0.2, -0.15) is 0 Å². The molecule has 0 saturated carbocycles. The first kappa shape index (κ1) is 17.3. The van der Waals surface area contributed by atoms with Crippen LogP contribution in [-0.4, -0.2) is 26.6 Å². The number of benzene rings is 2. The SMILES string of the molecule is O=C(Nc1ccc(Br)cc1Cl)c1cccc(N2CCCS2(=O)=O)c1. The monoisotopic (exact) mass is 428 g/mol. The average Bonchev–Trinajstić information content (AvgIpc) is 2.89. The fraction of sp³-hybridized carbons (Fsp3) is 0.188. The number of sulfonamides is 1. The Labute approximate surface area is 153 Å². The van der Waals surface area contributed by atoms with Gasteiger partial charge < -0.3 is 5.32 Å². The lowest BCUT2D eigenvalue weighted by Gasteiger charge is -2.17. The molecule has 0 aliphatic carbocycles. The molecule has 0 aromatic heterocycles. The number of nitrogens with zero attached hydrogens (tertiary/aromatic N) is 1. The molecule has 0 spiro atoms. The summed E-state index contributed by atoms with van der Waals surface area (Å²) in [7, 11) is -3.28. The van der Waals surface area contributed by atoms with Crippen molar-refractivity contribution in [3.63, 3.8) is 0 Å². The van der Waals surface area contributed by atoms with Gasteiger partial charge in [-0.05, 0) is 42.8 Å². The number of nitrogens with one attached hydrogen (secondary N) is 1. The fourth-order valence-corrected chi connectivity index (χ4v) is 4.79. The van der Waals surface area contributed by atoms with E-state index in [4.69, 9.17) is 11.6 Å². The van der Waals surface area contributed by atoms with E-state index in [1.165, 1.54) is 4.31 Å². The van der Waals surface area contributed by atoms with Crippen LogP contribution in [0.4, 0.5) is 11.4 Å². The van der Waals surface area contributed by atoms with E-state index in [-0.39, 0.29) is 11.7 Å². The molecule has 2 aromatic carbocycles. The highest BCUT2D eigenvalue weighted by atomic mass is 79.9. The number of rotatable bonds is 3. The summed E-state index contributed by atoms with van der Waals surface area (Å²) in [5.41, 5.74) is 1.36. The predicted octanol–water partition coefficient (Wildman–Crippen LogP) is 3.89. The van der Waals surface area contributed by atoms with Crippen LogP contribution in [0.1, 0.15) is 16.8 Å². The molecule has 2 aromatic rings. The van der Waals surface area contributed by atoms with Crippen LogP contribution in [0.3, 0.4) is 0 Å². The maximum absolute atomic E-state index is 12.4. The van der Waals surface area contributed by atoms with Crippen LogP contribution >= 0.6 is 27.5 Å². The second-order valence-electron chi connectivity index (χ2n) is 5.37. The van der Waals surface area contributed by atoms with Crippen LogP contribution in [0, 0.1) is 0 Å².